The molecular formula is C57H36N4. The molecule has 0 fully saturated rings. The van der Waals surface area contributed by atoms with E-state index in [4.69, 9.17) is 9.97 Å². The maximum atomic E-state index is 5.25. The Balaban J connectivity index is 0.953. The molecule has 0 N–H and O–H groups in total. The highest BCUT2D eigenvalue weighted by molar-refractivity contribution is 6.13. The van der Waals surface area contributed by atoms with Gasteiger partial charge in [-0.25, -0.2) is 4.98 Å². The Morgan fingerprint density at radius 1 is 0.377 bits per heavy atom. The molecule has 4 nitrogen and oxygen atoms in total. The van der Waals surface area contributed by atoms with Crippen LogP contribution in [0, 0.1) is 0 Å². The molecule has 0 amide bonds. The van der Waals surface area contributed by atoms with Crippen LogP contribution in [0.1, 0.15) is 11.1 Å². The molecule has 61 heavy (non-hydrogen) atoms. The number of fused-ring (bicyclic) bond motifs is 10. The zero-order valence-electron chi connectivity index (χ0n) is 33.1. The Hall–Kier alpha value is -8.08. The predicted octanol–water partition coefficient (Wildman–Crippen LogP) is 14.4. The van der Waals surface area contributed by atoms with Gasteiger partial charge in [-0.1, -0.05) is 121 Å². The standard InChI is InChI=1S/C57H36N4/c1-3-13-36(14-4-1)47-35-51(59-50-21-12-30-58-57(47)50)45-20-11-15-40-31-39-24-27-42(34-46(39)56(40)45)61-53-23-10-8-19-44(53)49-33-38(26-29-55(49)61)37-25-28-54-48(32-37)43-18-7-9-22-52(43)60(54)41-16-5-2-6-17-41/h1-30,32-35H,31H2. The molecule has 0 spiro atoms. The lowest BCUT2D eigenvalue weighted by Crippen LogP contribution is -1.96. The fraction of sp³-hybridized carbons (Fsp3) is 0.0175. The number of hydrogen-bond donors (Lipinski definition) is 0. The van der Waals surface area contributed by atoms with Gasteiger partial charge in [0, 0.05) is 50.2 Å². The van der Waals surface area contributed by atoms with Gasteiger partial charge >= 0.3 is 0 Å². The molecule has 0 aliphatic heterocycles. The number of pyridine rings is 2. The first-order valence-electron chi connectivity index (χ1n) is 20.9. The monoisotopic (exact) mass is 776 g/mol. The lowest BCUT2D eigenvalue weighted by molar-refractivity contribution is 1.17. The van der Waals surface area contributed by atoms with Crippen molar-refractivity contribution in [3.8, 4) is 56.0 Å². The van der Waals surface area contributed by atoms with Gasteiger partial charge in [-0.05, 0) is 124 Å². The van der Waals surface area contributed by atoms with Crippen LogP contribution in [0.3, 0.4) is 0 Å². The average molecular weight is 777 g/mol. The van der Waals surface area contributed by atoms with Crippen molar-refractivity contribution < 1.29 is 0 Å². The maximum absolute atomic E-state index is 5.25. The SMILES string of the molecule is c1ccc(-c2cc(-c3cccc4c3-c3cc(-n5c6ccccc6c6cc(-c7ccc8c(c7)c7ccccc7n8-c7ccccc7)ccc65)ccc3C4)nc3cccnc23)cc1. The van der Waals surface area contributed by atoms with Crippen LogP contribution < -0.4 is 0 Å². The average Bonchev–Trinajstić information content (AvgIpc) is 3.99. The van der Waals surface area contributed by atoms with Crippen molar-refractivity contribution in [2.75, 3.05) is 0 Å². The van der Waals surface area contributed by atoms with Crippen molar-refractivity contribution in [1.29, 1.82) is 0 Å². The number of rotatable bonds is 5. The second-order valence-corrected chi connectivity index (χ2v) is 16.2. The molecule has 8 aromatic carbocycles. The Labute approximate surface area is 352 Å². The molecule has 0 unspecified atom stereocenters. The highest BCUT2D eigenvalue weighted by Gasteiger charge is 2.25. The van der Waals surface area contributed by atoms with Crippen molar-refractivity contribution in [2.45, 2.75) is 6.42 Å². The van der Waals surface area contributed by atoms with Gasteiger partial charge in [0.2, 0.25) is 0 Å². The van der Waals surface area contributed by atoms with Crippen molar-refractivity contribution in [2.24, 2.45) is 0 Å². The fourth-order valence-corrected chi connectivity index (χ4v) is 10.1. The summed E-state index contributed by atoms with van der Waals surface area (Å²) in [6, 6.07) is 72.7. The van der Waals surface area contributed by atoms with Gasteiger partial charge in [0.15, 0.2) is 0 Å². The fourth-order valence-electron chi connectivity index (χ4n) is 10.1. The molecule has 0 radical (unpaired) electrons. The van der Waals surface area contributed by atoms with Crippen LogP contribution in [-0.2, 0) is 6.42 Å². The van der Waals surface area contributed by atoms with Crippen LogP contribution in [0.2, 0.25) is 0 Å². The van der Waals surface area contributed by atoms with E-state index in [-0.39, 0.29) is 0 Å². The molecule has 1 aliphatic carbocycles. The van der Waals surface area contributed by atoms with Crippen LogP contribution in [0.15, 0.2) is 206 Å². The third kappa shape index (κ3) is 5.19. The summed E-state index contributed by atoms with van der Waals surface area (Å²) in [6.45, 7) is 0. The van der Waals surface area contributed by atoms with Crippen LogP contribution in [0.4, 0.5) is 0 Å². The summed E-state index contributed by atoms with van der Waals surface area (Å²) in [6.07, 6.45) is 2.75. The summed E-state index contributed by atoms with van der Waals surface area (Å²) < 4.78 is 4.82. The van der Waals surface area contributed by atoms with E-state index in [0.717, 1.165) is 45.5 Å². The molecule has 284 valence electrons. The molecule has 4 aromatic heterocycles. The molecule has 0 atom stereocenters. The van der Waals surface area contributed by atoms with Crippen LogP contribution in [0.25, 0.3) is 111 Å². The smallest absolute Gasteiger partial charge is 0.0965 e. The van der Waals surface area contributed by atoms with E-state index < -0.39 is 0 Å². The zero-order valence-corrected chi connectivity index (χ0v) is 33.1. The lowest BCUT2D eigenvalue weighted by atomic mass is 9.94. The maximum Gasteiger partial charge on any atom is 0.0965 e. The second kappa shape index (κ2) is 13.2. The normalized spacial score (nSPS) is 12.2. The van der Waals surface area contributed by atoms with Gasteiger partial charge in [-0.3, -0.25) is 4.98 Å². The van der Waals surface area contributed by atoms with E-state index in [0.29, 0.717) is 0 Å². The number of hydrogen-bond acceptors (Lipinski definition) is 2. The van der Waals surface area contributed by atoms with Crippen LogP contribution >= 0.6 is 0 Å². The number of para-hydroxylation sites is 3. The third-order valence-corrected chi connectivity index (χ3v) is 12.8. The molecule has 4 heteroatoms. The van der Waals surface area contributed by atoms with Crippen LogP contribution in [0.5, 0.6) is 0 Å². The molecular weight excluding hydrogens is 741 g/mol. The van der Waals surface area contributed by atoms with Crippen molar-refractivity contribution in [3.63, 3.8) is 0 Å². The molecule has 0 bridgehead atoms. The Morgan fingerprint density at radius 2 is 1.02 bits per heavy atom. The molecule has 4 heterocycles. The van der Waals surface area contributed by atoms with Gasteiger partial charge in [0.1, 0.15) is 0 Å². The minimum absolute atomic E-state index is 0.893. The molecule has 12 aromatic rings. The minimum atomic E-state index is 0.893. The van der Waals surface area contributed by atoms with Crippen molar-refractivity contribution >= 4 is 54.6 Å². The molecule has 0 saturated heterocycles. The van der Waals surface area contributed by atoms with E-state index in [1.165, 1.54) is 82.7 Å². The first kappa shape index (κ1) is 33.8. The summed E-state index contributed by atoms with van der Waals surface area (Å²) in [7, 11) is 0. The molecule has 13 rings (SSSR count). The van der Waals surface area contributed by atoms with Gasteiger partial charge < -0.3 is 9.13 Å². The second-order valence-electron chi connectivity index (χ2n) is 16.2. The van der Waals surface area contributed by atoms with Crippen LogP contribution in [-0.4, -0.2) is 19.1 Å². The topological polar surface area (TPSA) is 35.6 Å². The van der Waals surface area contributed by atoms with Gasteiger partial charge in [0.05, 0.1) is 38.8 Å². The zero-order chi connectivity index (χ0) is 40.0. The first-order chi connectivity index (χ1) is 30.2. The molecule has 1 aliphatic rings. The largest absolute Gasteiger partial charge is 0.309 e. The van der Waals surface area contributed by atoms with E-state index >= 15 is 0 Å². The van der Waals surface area contributed by atoms with Gasteiger partial charge in [0.25, 0.3) is 0 Å². The number of aromatic nitrogens is 4. The Kier molecular flexibility index (Phi) is 7.33. The van der Waals surface area contributed by atoms with E-state index in [2.05, 4.69) is 203 Å². The van der Waals surface area contributed by atoms with Crippen molar-refractivity contribution in [3.05, 3.63) is 218 Å². The van der Waals surface area contributed by atoms with Crippen molar-refractivity contribution in [1.82, 2.24) is 19.1 Å². The quantitative estimate of drug-likeness (QED) is 0.174. The summed E-state index contributed by atoms with van der Waals surface area (Å²) in [4.78, 5) is 10.0. The molecule has 0 saturated carbocycles. The highest BCUT2D eigenvalue weighted by atomic mass is 15.0. The predicted molar refractivity (Wildman–Crippen MR) is 253 cm³/mol. The lowest BCUT2D eigenvalue weighted by Gasteiger charge is -2.14. The summed E-state index contributed by atoms with van der Waals surface area (Å²) >= 11 is 0. The van der Waals surface area contributed by atoms with E-state index in [1.807, 2.05) is 12.3 Å². The van der Waals surface area contributed by atoms with E-state index in [9.17, 15) is 0 Å². The number of nitrogens with zero attached hydrogens (tertiary/aromatic N) is 4. The third-order valence-electron chi connectivity index (χ3n) is 12.8. The number of benzene rings is 8. The summed E-state index contributed by atoms with van der Waals surface area (Å²) in [5.74, 6) is 0. The summed E-state index contributed by atoms with van der Waals surface area (Å²) in [5.41, 5.74) is 20.9. The highest BCUT2D eigenvalue weighted by Crippen LogP contribution is 2.46. The van der Waals surface area contributed by atoms with Gasteiger partial charge in [-0.15, -0.1) is 0 Å². The minimum Gasteiger partial charge on any atom is -0.309 e. The van der Waals surface area contributed by atoms with E-state index in [1.54, 1.807) is 0 Å². The summed E-state index contributed by atoms with van der Waals surface area (Å²) in [5, 5.41) is 4.99. The Morgan fingerprint density at radius 3 is 1.74 bits per heavy atom. The first-order valence-corrected chi connectivity index (χ1v) is 20.9. The van der Waals surface area contributed by atoms with Gasteiger partial charge in [-0.2, -0.15) is 0 Å². The Bertz CT molecular complexity index is 3730.